The van der Waals surface area contributed by atoms with Crippen LogP contribution in [0.3, 0.4) is 0 Å². The molecule has 3 rings (SSSR count). The number of hydrogen-bond acceptors (Lipinski definition) is 5. The number of rotatable bonds is 2. The first kappa shape index (κ1) is 11.9. The summed E-state index contributed by atoms with van der Waals surface area (Å²) >= 11 is 3.49. The van der Waals surface area contributed by atoms with Crippen LogP contribution in [0, 0.1) is 0 Å². The Morgan fingerprint density at radius 3 is 2.53 bits per heavy atom. The zero-order valence-corrected chi connectivity index (χ0v) is 11.3. The van der Waals surface area contributed by atoms with Crippen molar-refractivity contribution in [2.45, 2.75) is 0 Å². The Labute approximate surface area is 117 Å². The van der Waals surface area contributed by atoms with Crippen LogP contribution in [0.5, 0.6) is 0 Å². The first-order chi connectivity index (χ1) is 9.27. The second-order valence-corrected chi connectivity index (χ2v) is 4.68. The van der Waals surface area contributed by atoms with Crippen molar-refractivity contribution < 1.29 is 4.52 Å². The van der Waals surface area contributed by atoms with E-state index in [1.807, 2.05) is 24.3 Å². The summed E-state index contributed by atoms with van der Waals surface area (Å²) in [6.07, 6.45) is 3.29. The van der Waals surface area contributed by atoms with Gasteiger partial charge in [-0.2, -0.15) is 0 Å². The topological polar surface area (TPSA) is 77.8 Å². The van der Waals surface area contributed by atoms with Gasteiger partial charge in [-0.1, -0.05) is 39.3 Å². The second kappa shape index (κ2) is 4.81. The van der Waals surface area contributed by atoms with Crippen LogP contribution in [0.25, 0.3) is 22.7 Å². The molecule has 2 aromatic heterocycles. The highest BCUT2D eigenvalue weighted by Crippen LogP contribution is 2.38. The largest absolute Gasteiger partial charge is 0.380 e. The molecule has 0 bridgehead atoms. The molecule has 0 aliphatic carbocycles. The van der Waals surface area contributed by atoms with Crippen LogP contribution in [-0.4, -0.2) is 15.1 Å². The van der Waals surface area contributed by atoms with Gasteiger partial charge in [0.25, 0.3) is 0 Å². The summed E-state index contributed by atoms with van der Waals surface area (Å²) in [4.78, 5) is 8.32. The van der Waals surface area contributed by atoms with Crippen molar-refractivity contribution in [3.63, 3.8) is 0 Å². The molecule has 19 heavy (non-hydrogen) atoms. The minimum atomic E-state index is 0.314. The van der Waals surface area contributed by atoms with Crippen molar-refractivity contribution in [3.8, 4) is 22.7 Å². The third-order valence-corrected chi connectivity index (χ3v) is 3.32. The average Bonchev–Trinajstić information content (AvgIpc) is 2.82. The lowest BCUT2D eigenvalue weighted by Crippen LogP contribution is -1.91. The molecule has 6 heteroatoms. The lowest BCUT2D eigenvalue weighted by Gasteiger charge is -2.03. The maximum atomic E-state index is 5.90. The van der Waals surface area contributed by atoms with Gasteiger partial charge >= 0.3 is 0 Å². The number of benzene rings is 1. The van der Waals surface area contributed by atoms with Gasteiger partial charge in [0, 0.05) is 22.4 Å². The van der Waals surface area contributed by atoms with Crippen LogP contribution >= 0.6 is 15.9 Å². The molecule has 0 saturated carbocycles. The molecule has 2 heterocycles. The molecular formula is C13H9BrN4O. The normalized spacial score (nSPS) is 10.6. The van der Waals surface area contributed by atoms with Gasteiger partial charge in [0.05, 0.1) is 5.56 Å². The highest BCUT2D eigenvalue weighted by molar-refractivity contribution is 9.10. The molecule has 0 atom stereocenters. The molecule has 1 aromatic carbocycles. The third kappa shape index (κ3) is 2.10. The molecule has 0 amide bonds. The fraction of sp³-hybridized carbons (Fsp3) is 0. The van der Waals surface area contributed by atoms with Crippen molar-refractivity contribution in [2.75, 3.05) is 5.73 Å². The van der Waals surface area contributed by atoms with Crippen LogP contribution in [0.1, 0.15) is 0 Å². The van der Waals surface area contributed by atoms with Gasteiger partial charge in [-0.15, -0.1) is 0 Å². The van der Waals surface area contributed by atoms with E-state index in [0.717, 1.165) is 10.0 Å². The molecule has 5 nitrogen and oxygen atoms in total. The van der Waals surface area contributed by atoms with E-state index in [0.29, 0.717) is 23.0 Å². The van der Waals surface area contributed by atoms with Crippen LogP contribution < -0.4 is 5.73 Å². The molecule has 0 fully saturated rings. The Morgan fingerprint density at radius 1 is 1.05 bits per heavy atom. The predicted octanol–water partition coefficient (Wildman–Crippen LogP) is 3.14. The Bertz CT molecular complexity index is 712. The fourth-order valence-corrected chi connectivity index (χ4v) is 2.28. The summed E-state index contributed by atoms with van der Waals surface area (Å²) in [7, 11) is 0. The molecule has 2 N–H and O–H groups in total. The number of hydrogen-bond donors (Lipinski definition) is 1. The van der Waals surface area contributed by atoms with Gasteiger partial charge in [-0.25, -0.2) is 9.97 Å². The van der Waals surface area contributed by atoms with E-state index < -0.39 is 0 Å². The van der Waals surface area contributed by atoms with E-state index in [4.69, 9.17) is 10.3 Å². The van der Waals surface area contributed by atoms with Gasteiger partial charge < -0.3 is 10.3 Å². The summed E-state index contributed by atoms with van der Waals surface area (Å²) in [6.45, 7) is 0. The van der Waals surface area contributed by atoms with Gasteiger partial charge in [-0.3, -0.25) is 0 Å². The van der Waals surface area contributed by atoms with E-state index >= 15 is 0 Å². The zero-order valence-electron chi connectivity index (χ0n) is 9.75. The first-order valence-corrected chi connectivity index (χ1v) is 6.34. The average molecular weight is 317 g/mol. The van der Waals surface area contributed by atoms with E-state index in [2.05, 4.69) is 31.1 Å². The van der Waals surface area contributed by atoms with Crippen LogP contribution in [0.2, 0.25) is 0 Å². The minimum absolute atomic E-state index is 0.314. The van der Waals surface area contributed by atoms with E-state index in [-0.39, 0.29) is 0 Å². The lowest BCUT2D eigenvalue weighted by atomic mass is 10.1. The standard InChI is InChI=1S/C13H9BrN4O/c14-9-5-2-1-4-8(9)10-11(19-18-12(10)15)13-16-6-3-7-17-13/h1-7H,(H2,15,18). The summed E-state index contributed by atoms with van der Waals surface area (Å²) in [6, 6.07) is 9.44. The molecule has 0 aliphatic rings. The van der Waals surface area contributed by atoms with Crippen LogP contribution in [0.15, 0.2) is 51.7 Å². The van der Waals surface area contributed by atoms with Crippen molar-refractivity contribution in [3.05, 3.63) is 47.2 Å². The highest BCUT2D eigenvalue weighted by atomic mass is 79.9. The molecule has 0 spiro atoms. The Hall–Kier alpha value is -2.21. The number of halogens is 1. The maximum Gasteiger partial charge on any atom is 0.214 e. The quantitative estimate of drug-likeness (QED) is 0.785. The number of aromatic nitrogens is 3. The molecule has 3 aromatic rings. The number of nitrogen functional groups attached to an aromatic ring is 1. The molecular weight excluding hydrogens is 308 g/mol. The third-order valence-electron chi connectivity index (χ3n) is 2.63. The van der Waals surface area contributed by atoms with Gasteiger partial charge in [-0.05, 0) is 12.1 Å². The SMILES string of the molecule is Nc1noc(-c2ncccn2)c1-c1ccccc1Br. The lowest BCUT2D eigenvalue weighted by molar-refractivity contribution is 0.433. The molecule has 94 valence electrons. The maximum absolute atomic E-state index is 5.90. The Balaban J connectivity index is 2.23. The monoisotopic (exact) mass is 316 g/mol. The first-order valence-electron chi connectivity index (χ1n) is 5.55. The highest BCUT2D eigenvalue weighted by Gasteiger charge is 2.20. The van der Waals surface area contributed by atoms with E-state index in [9.17, 15) is 0 Å². The summed E-state index contributed by atoms with van der Waals surface area (Å²) < 4.78 is 6.17. The predicted molar refractivity (Wildman–Crippen MR) is 75.1 cm³/mol. The second-order valence-electron chi connectivity index (χ2n) is 3.82. The zero-order chi connectivity index (χ0) is 13.2. The summed E-state index contributed by atoms with van der Waals surface area (Å²) in [5.41, 5.74) is 7.48. The minimum Gasteiger partial charge on any atom is -0.380 e. The number of nitrogens with two attached hydrogens (primary N) is 1. The van der Waals surface area contributed by atoms with Crippen molar-refractivity contribution >= 4 is 21.7 Å². The van der Waals surface area contributed by atoms with Gasteiger partial charge in [0.15, 0.2) is 11.6 Å². The summed E-state index contributed by atoms with van der Waals surface area (Å²) in [5.74, 6) is 1.23. The Kier molecular flexibility index (Phi) is 3.00. The number of anilines is 1. The van der Waals surface area contributed by atoms with Crippen molar-refractivity contribution in [1.29, 1.82) is 0 Å². The molecule has 0 aliphatic heterocycles. The smallest absolute Gasteiger partial charge is 0.214 e. The summed E-state index contributed by atoms with van der Waals surface area (Å²) in [5, 5.41) is 3.81. The molecule has 0 saturated heterocycles. The fourth-order valence-electron chi connectivity index (χ4n) is 1.80. The van der Waals surface area contributed by atoms with Gasteiger partial charge in [0.2, 0.25) is 5.76 Å². The number of nitrogens with zero attached hydrogens (tertiary/aromatic N) is 3. The van der Waals surface area contributed by atoms with Crippen LogP contribution in [0.4, 0.5) is 5.82 Å². The van der Waals surface area contributed by atoms with Crippen molar-refractivity contribution in [2.24, 2.45) is 0 Å². The molecule has 0 radical (unpaired) electrons. The van der Waals surface area contributed by atoms with Crippen molar-refractivity contribution in [1.82, 2.24) is 15.1 Å². The van der Waals surface area contributed by atoms with Crippen LogP contribution in [-0.2, 0) is 0 Å². The van der Waals surface area contributed by atoms with E-state index in [1.165, 1.54) is 0 Å². The molecule has 0 unspecified atom stereocenters. The van der Waals surface area contributed by atoms with Gasteiger partial charge in [0.1, 0.15) is 0 Å². The van der Waals surface area contributed by atoms with E-state index in [1.54, 1.807) is 18.5 Å². The Morgan fingerprint density at radius 2 is 1.79 bits per heavy atom.